The Labute approximate surface area is 154 Å². The van der Waals surface area contributed by atoms with Gasteiger partial charge in [0.1, 0.15) is 11.3 Å². The number of hydrogen-bond donors (Lipinski definition) is 4. The lowest BCUT2D eigenvalue weighted by Gasteiger charge is -2.11. The predicted octanol–water partition coefficient (Wildman–Crippen LogP) is 3.37. The van der Waals surface area contributed by atoms with Gasteiger partial charge < -0.3 is 15.5 Å². The van der Waals surface area contributed by atoms with Crippen molar-refractivity contribution < 1.29 is 19.8 Å². The molecule has 0 unspecified atom stereocenters. The third-order valence-corrected chi connectivity index (χ3v) is 3.93. The molecule has 130 valence electrons. The van der Waals surface area contributed by atoms with Gasteiger partial charge in [0, 0.05) is 17.3 Å². The van der Waals surface area contributed by atoms with Crippen molar-refractivity contribution in [2.24, 2.45) is 0 Å². The molecule has 0 atom stereocenters. The molecule has 0 aromatic heterocycles. The zero-order valence-electron chi connectivity index (χ0n) is 13.4. The summed E-state index contributed by atoms with van der Waals surface area (Å²) >= 11 is 5.09. The lowest BCUT2D eigenvalue weighted by molar-refractivity contribution is 0.0693. The van der Waals surface area contributed by atoms with Gasteiger partial charge in [-0.1, -0.05) is 30.3 Å². The monoisotopic (exact) mass is 366 g/mol. The molecule has 7 heteroatoms. The van der Waals surface area contributed by atoms with Gasteiger partial charge >= 0.3 is 5.97 Å². The number of rotatable bonds is 3. The second-order valence-corrected chi connectivity index (χ2v) is 5.92. The number of carboxylic acids is 1. The number of carbonyl (C=O) groups is 2. The molecule has 3 rings (SSSR count). The summed E-state index contributed by atoms with van der Waals surface area (Å²) < 4.78 is 0. The predicted molar refractivity (Wildman–Crippen MR) is 103 cm³/mol. The van der Waals surface area contributed by atoms with E-state index in [-0.39, 0.29) is 16.6 Å². The Balaban J connectivity index is 1.69. The molecule has 0 saturated heterocycles. The maximum atomic E-state index is 12.3. The maximum absolute atomic E-state index is 12.3. The second kappa shape index (κ2) is 7.20. The fourth-order valence-electron chi connectivity index (χ4n) is 2.46. The van der Waals surface area contributed by atoms with Crippen molar-refractivity contribution in [1.82, 2.24) is 5.32 Å². The van der Waals surface area contributed by atoms with Crippen LogP contribution < -0.4 is 10.6 Å². The highest BCUT2D eigenvalue weighted by Crippen LogP contribution is 2.22. The van der Waals surface area contributed by atoms with E-state index in [0.29, 0.717) is 11.3 Å². The number of amides is 1. The minimum absolute atomic E-state index is 0.0330. The zero-order chi connectivity index (χ0) is 18.7. The standard InChI is InChI=1S/C19H14N2O4S/c22-16-10-14(7-8-15(16)18(24)25)20-19(26)21-17(23)13-6-5-11-3-1-2-4-12(11)9-13/h1-10,22H,(H,24,25)(H2,20,21,23,26). The molecule has 0 aliphatic carbocycles. The van der Waals surface area contributed by atoms with E-state index in [1.807, 2.05) is 30.3 Å². The molecule has 0 bridgehead atoms. The Morgan fingerprint density at radius 1 is 0.923 bits per heavy atom. The van der Waals surface area contributed by atoms with E-state index in [1.165, 1.54) is 18.2 Å². The third-order valence-electron chi connectivity index (χ3n) is 3.72. The second-order valence-electron chi connectivity index (χ2n) is 5.51. The van der Waals surface area contributed by atoms with Gasteiger partial charge in [-0.05, 0) is 47.3 Å². The number of carboxylic acid groups (broad SMARTS) is 1. The van der Waals surface area contributed by atoms with Crippen LogP contribution in [0.3, 0.4) is 0 Å². The number of nitrogens with one attached hydrogen (secondary N) is 2. The van der Waals surface area contributed by atoms with Gasteiger partial charge in [-0.2, -0.15) is 0 Å². The summed E-state index contributed by atoms with van der Waals surface area (Å²) in [6.45, 7) is 0. The molecule has 0 spiro atoms. The number of anilines is 1. The van der Waals surface area contributed by atoms with Crippen LogP contribution in [-0.4, -0.2) is 27.2 Å². The molecular weight excluding hydrogens is 352 g/mol. The SMILES string of the molecule is O=C(NC(=S)Nc1ccc(C(=O)O)c(O)c1)c1ccc2ccccc2c1. The molecule has 0 heterocycles. The Morgan fingerprint density at radius 2 is 1.65 bits per heavy atom. The first kappa shape index (κ1) is 17.4. The van der Waals surface area contributed by atoms with Crippen molar-refractivity contribution in [3.63, 3.8) is 0 Å². The first-order chi connectivity index (χ1) is 12.4. The average molecular weight is 366 g/mol. The number of carbonyl (C=O) groups excluding carboxylic acids is 1. The summed E-state index contributed by atoms with van der Waals surface area (Å²) in [6, 6.07) is 16.9. The number of phenols is 1. The minimum Gasteiger partial charge on any atom is -0.507 e. The van der Waals surface area contributed by atoms with Crippen molar-refractivity contribution in [3.05, 3.63) is 71.8 Å². The smallest absolute Gasteiger partial charge is 0.339 e. The lowest BCUT2D eigenvalue weighted by atomic mass is 10.1. The van der Waals surface area contributed by atoms with Crippen LogP contribution in [0.25, 0.3) is 10.8 Å². The molecule has 0 aliphatic rings. The number of thiocarbonyl (C=S) groups is 1. The Hall–Kier alpha value is -3.45. The Bertz CT molecular complexity index is 1030. The van der Waals surface area contributed by atoms with E-state index < -0.39 is 11.7 Å². The molecule has 0 radical (unpaired) electrons. The minimum atomic E-state index is -1.23. The van der Waals surface area contributed by atoms with Crippen molar-refractivity contribution in [2.75, 3.05) is 5.32 Å². The van der Waals surface area contributed by atoms with Crippen molar-refractivity contribution in [3.8, 4) is 5.75 Å². The van der Waals surface area contributed by atoms with E-state index in [4.69, 9.17) is 17.3 Å². The van der Waals surface area contributed by atoms with E-state index >= 15 is 0 Å². The van der Waals surface area contributed by atoms with Gasteiger partial charge in [0.2, 0.25) is 0 Å². The maximum Gasteiger partial charge on any atom is 0.339 e. The number of aromatic hydroxyl groups is 1. The highest BCUT2D eigenvalue weighted by molar-refractivity contribution is 7.80. The molecule has 0 fully saturated rings. The van der Waals surface area contributed by atoms with Crippen LogP contribution in [-0.2, 0) is 0 Å². The fraction of sp³-hybridized carbons (Fsp3) is 0. The van der Waals surface area contributed by atoms with Gasteiger partial charge in [0.05, 0.1) is 0 Å². The number of fused-ring (bicyclic) bond motifs is 1. The van der Waals surface area contributed by atoms with Gasteiger partial charge in [-0.25, -0.2) is 4.79 Å². The molecule has 0 aliphatic heterocycles. The normalized spacial score (nSPS) is 10.3. The van der Waals surface area contributed by atoms with E-state index in [0.717, 1.165) is 10.8 Å². The topological polar surface area (TPSA) is 98.7 Å². The molecule has 4 N–H and O–H groups in total. The first-order valence-electron chi connectivity index (χ1n) is 7.61. The van der Waals surface area contributed by atoms with Gasteiger partial charge in [0.25, 0.3) is 5.91 Å². The van der Waals surface area contributed by atoms with Crippen LogP contribution in [0.5, 0.6) is 5.75 Å². The van der Waals surface area contributed by atoms with Crippen LogP contribution in [0, 0.1) is 0 Å². The average Bonchev–Trinajstić information content (AvgIpc) is 2.60. The van der Waals surface area contributed by atoms with Crippen LogP contribution in [0.4, 0.5) is 5.69 Å². The van der Waals surface area contributed by atoms with E-state index in [9.17, 15) is 14.7 Å². The Morgan fingerprint density at radius 3 is 2.35 bits per heavy atom. The number of aromatic carboxylic acids is 1. The summed E-state index contributed by atoms with van der Waals surface area (Å²) in [7, 11) is 0. The third kappa shape index (κ3) is 3.79. The molecule has 3 aromatic carbocycles. The van der Waals surface area contributed by atoms with Crippen LogP contribution in [0.15, 0.2) is 60.7 Å². The summed E-state index contributed by atoms with van der Waals surface area (Å²) in [4.78, 5) is 23.2. The summed E-state index contributed by atoms with van der Waals surface area (Å²) in [5, 5.41) is 25.9. The largest absolute Gasteiger partial charge is 0.507 e. The molecular formula is C19H14N2O4S. The van der Waals surface area contributed by atoms with Crippen molar-refractivity contribution in [1.29, 1.82) is 0 Å². The van der Waals surface area contributed by atoms with Crippen LogP contribution >= 0.6 is 12.2 Å². The van der Waals surface area contributed by atoms with Crippen LogP contribution in [0.2, 0.25) is 0 Å². The Kier molecular flexibility index (Phi) is 4.81. The summed E-state index contributed by atoms with van der Waals surface area (Å²) in [5.41, 5.74) is 0.593. The quantitative estimate of drug-likeness (QED) is 0.531. The highest BCUT2D eigenvalue weighted by Gasteiger charge is 2.12. The van der Waals surface area contributed by atoms with E-state index in [2.05, 4.69) is 10.6 Å². The molecule has 3 aromatic rings. The van der Waals surface area contributed by atoms with Crippen molar-refractivity contribution in [2.45, 2.75) is 0 Å². The van der Waals surface area contributed by atoms with Crippen molar-refractivity contribution >= 4 is 45.7 Å². The fourth-order valence-corrected chi connectivity index (χ4v) is 2.67. The molecule has 6 nitrogen and oxygen atoms in total. The zero-order valence-corrected chi connectivity index (χ0v) is 14.2. The number of benzene rings is 3. The van der Waals surface area contributed by atoms with E-state index in [1.54, 1.807) is 12.1 Å². The number of hydrogen-bond acceptors (Lipinski definition) is 4. The molecule has 0 saturated carbocycles. The lowest BCUT2D eigenvalue weighted by Crippen LogP contribution is -2.34. The summed E-state index contributed by atoms with van der Waals surface area (Å²) in [6.07, 6.45) is 0. The van der Waals surface area contributed by atoms with Gasteiger partial charge in [0.15, 0.2) is 5.11 Å². The highest BCUT2D eigenvalue weighted by atomic mass is 32.1. The van der Waals surface area contributed by atoms with Gasteiger partial charge in [-0.15, -0.1) is 0 Å². The summed E-state index contributed by atoms with van der Waals surface area (Å²) in [5.74, 6) is -2.01. The van der Waals surface area contributed by atoms with Crippen LogP contribution in [0.1, 0.15) is 20.7 Å². The molecule has 1 amide bonds. The molecule has 26 heavy (non-hydrogen) atoms. The van der Waals surface area contributed by atoms with Gasteiger partial charge in [-0.3, -0.25) is 10.1 Å². The first-order valence-corrected chi connectivity index (χ1v) is 8.02.